The first-order valence-corrected chi connectivity index (χ1v) is 16.4. The van der Waals surface area contributed by atoms with E-state index in [0.29, 0.717) is 0 Å². The maximum absolute atomic E-state index is 2.40. The van der Waals surface area contributed by atoms with E-state index in [4.69, 9.17) is 0 Å². The Balaban J connectivity index is 1.39. The SMILES string of the molecule is c1ccc(C2CCC(c3ccccc3)P2CP2C(c3ccccc3)CCC2c2ccccc2)cc1. The second-order valence-corrected chi connectivity index (χ2v) is 15.7. The van der Waals surface area contributed by atoms with Gasteiger partial charge in [-0.05, 0) is 53.8 Å². The van der Waals surface area contributed by atoms with Gasteiger partial charge in [-0.3, -0.25) is 0 Å². The summed E-state index contributed by atoms with van der Waals surface area (Å²) in [5.74, 6) is 1.43. The maximum Gasteiger partial charge on any atom is 0.00507 e. The molecule has 0 aliphatic carbocycles. The molecular weight excluding hydrogens is 458 g/mol. The third kappa shape index (κ3) is 4.89. The predicted molar refractivity (Wildman–Crippen MR) is 154 cm³/mol. The van der Waals surface area contributed by atoms with E-state index in [1.165, 1.54) is 31.6 Å². The molecule has 2 fully saturated rings. The van der Waals surface area contributed by atoms with Gasteiger partial charge in [-0.15, -0.1) is 0 Å². The van der Waals surface area contributed by atoms with Gasteiger partial charge in [0, 0.05) is 22.6 Å². The van der Waals surface area contributed by atoms with Crippen molar-refractivity contribution in [1.29, 1.82) is 0 Å². The molecule has 2 aliphatic heterocycles. The Morgan fingerprint density at radius 2 is 0.600 bits per heavy atom. The Labute approximate surface area is 213 Å². The molecule has 0 radical (unpaired) electrons. The molecule has 35 heavy (non-hydrogen) atoms. The largest absolute Gasteiger partial charge is 0.0869 e. The molecule has 0 aromatic heterocycles. The lowest BCUT2D eigenvalue weighted by molar-refractivity contribution is 0.765. The van der Waals surface area contributed by atoms with Crippen molar-refractivity contribution in [3.8, 4) is 0 Å². The first-order chi connectivity index (χ1) is 17.4. The van der Waals surface area contributed by atoms with E-state index in [9.17, 15) is 0 Å². The van der Waals surface area contributed by atoms with Crippen LogP contribution in [0.1, 0.15) is 70.6 Å². The first kappa shape index (κ1) is 23.2. The van der Waals surface area contributed by atoms with E-state index in [1.54, 1.807) is 22.3 Å². The zero-order valence-electron chi connectivity index (χ0n) is 20.3. The van der Waals surface area contributed by atoms with Crippen LogP contribution in [0.15, 0.2) is 121 Å². The monoisotopic (exact) mass is 492 g/mol. The summed E-state index contributed by atoms with van der Waals surface area (Å²) in [5, 5.41) is 0. The summed E-state index contributed by atoms with van der Waals surface area (Å²) in [7, 11) is -0.281. The highest BCUT2D eigenvalue weighted by atomic mass is 31.2. The standard InChI is InChI=1S/C33H34P2/c1-5-13-26(14-6-1)30-21-22-31(27-15-7-2-8-16-27)34(30)25-35-32(28-17-9-3-10-18-28)23-24-33(35)29-19-11-4-12-20-29/h1-20,30-33H,21-25H2. The van der Waals surface area contributed by atoms with Crippen molar-refractivity contribution >= 4 is 15.8 Å². The molecule has 2 heterocycles. The van der Waals surface area contributed by atoms with Gasteiger partial charge in [-0.1, -0.05) is 137 Å². The average Bonchev–Trinajstić information content (AvgIpc) is 3.55. The molecule has 4 unspecified atom stereocenters. The van der Waals surface area contributed by atoms with Crippen LogP contribution in [0.3, 0.4) is 0 Å². The topological polar surface area (TPSA) is 0 Å². The van der Waals surface area contributed by atoms with Crippen molar-refractivity contribution in [3.63, 3.8) is 0 Å². The van der Waals surface area contributed by atoms with Crippen molar-refractivity contribution < 1.29 is 0 Å². The smallest absolute Gasteiger partial charge is 0.00507 e. The number of benzene rings is 4. The van der Waals surface area contributed by atoms with Crippen molar-refractivity contribution in [1.82, 2.24) is 0 Å². The fourth-order valence-corrected chi connectivity index (χ4v) is 16.1. The van der Waals surface area contributed by atoms with Crippen LogP contribution in [0.5, 0.6) is 0 Å². The van der Waals surface area contributed by atoms with E-state index in [0.717, 1.165) is 22.6 Å². The highest BCUT2D eigenvalue weighted by Crippen LogP contribution is 2.80. The Morgan fingerprint density at radius 3 is 0.829 bits per heavy atom. The molecule has 4 aromatic rings. The molecule has 0 nitrogen and oxygen atoms in total. The van der Waals surface area contributed by atoms with E-state index in [1.807, 2.05) is 0 Å². The van der Waals surface area contributed by atoms with E-state index >= 15 is 0 Å². The van der Waals surface area contributed by atoms with Gasteiger partial charge in [0.25, 0.3) is 0 Å². The number of hydrogen-bond acceptors (Lipinski definition) is 0. The van der Waals surface area contributed by atoms with Crippen LogP contribution in [0.2, 0.25) is 0 Å². The second kappa shape index (κ2) is 10.8. The van der Waals surface area contributed by atoms with Crippen LogP contribution in [-0.2, 0) is 0 Å². The van der Waals surface area contributed by atoms with Gasteiger partial charge >= 0.3 is 0 Å². The van der Waals surface area contributed by atoms with Gasteiger partial charge in [0.15, 0.2) is 0 Å². The van der Waals surface area contributed by atoms with Crippen LogP contribution in [0.4, 0.5) is 0 Å². The zero-order chi connectivity index (χ0) is 23.5. The summed E-state index contributed by atoms with van der Waals surface area (Å²) in [6.45, 7) is 0. The molecule has 6 rings (SSSR count). The molecule has 4 aromatic carbocycles. The van der Waals surface area contributed by atoms with Gasteiger partial charge < -0.3 is 0 Å². The lowest BCUT2D eigenvalue weighted by Crippen LogP contribution is -2.02. The molecule has 2 heteroatoms. The summed E-state index contributed by atoms with van der Waals surface area (Å²) in [6.07, 6.45) is 5.35. The summed E-state index contributed by atoms with van der Waals surface area (Å²) in [5.41, 5.74) is 9.24. The third-order valence-corrected chi connectivity index (χ3v) is 16.1. The quantitative estimate of drug-likeness (QED) is 0.235. The minimum Gasteiger partial charge on any atom is -0.0869 e. The summed E-state index contributed by atoms with van der Waals surface area (Å²) < 4.78 is 0. The molecular formula is C33H34P2. The Bertz CT molecular complexity index is 1000. The maximum atomic E-state index is 2.40. The minimum absolute atomic E-state index is 0.141. The van der Waals surface area contributed by atoms with Gasteiger partial charge in [-0.25, -0.2) is 0 Å². The molecule has 0 amide bonds. The second-order valence-electron chi connectivity index (χ2n) is 10.0. The fraction of sp³-hybridized carbons (Fsp3) is 0.273. The molecule has 0 saturated carbocycles. The number of hydrogen-bond donors (Lipinski definition) is 0. The molecule has 176 valence electrons. The zero-order valence-corrected chi connectivity index (χ0v) is 22.1. The highest BCUT2D eigenvalue weighted by molar-refractivity contribution is 7.75. The first-order valence-electron chi connectivity index (χ1n) is 13.1. The minimum atomic E-state index is -0.141. The lowest BCUT2D eigenvalue weighted by Gasteiger charge is -2.35. The Hall–Kier alpha value is -2.26. The summed E-state index contributed by atoms with van der Waals surface area (Å²) in [6, 6.07) is 45.9. The fourth-order valence-electron chi connectivity index (χ4n) is 6.45. The lowest BCUT2D eigenvalue weighted by atomic mass is 10.0. The van der Waals surface area contributed by atoms with Crippen LogP contribution in [0, 0.1) is 0 Å². The van der Waals surface area contributed by atoms with Gasteiger partial charge in [0.05, 0.1) is 0 Å². The van der Waals surface area contributed by atoms with Crippen LogP contribution in [0.25, 0.3) is 0 Å². The van der Waals surface area contributed by atoms with E-state index < -0.39 is 0 Å². The van der Waals surface area contributed by atoms with Gasteiger partial charge in [-0.2, -0.15) is 0 Å². The molecule has 2 aliphatic rings. The molecule has 0 bridgehead atoms. The third-order valence-electron chi connectivity index (χ3n) is 8.09. The summed E-state index contributed by atoms with van der Waals surface area (Å²) in [4.78, 5) is 0. The molecule has 2 saturated heterocycles. The van der Waals surface area contributed by atoms with Gasteiger partial charge in [0.2, 0.25) is 0 Å². The van der Waals surface area contributed by atoms with Crippen molar-refractivity contribution in [2.45, 2.75) is 48.3 Å². The average molecular weight is 493 g/mol. The Morgan fingerprint density at radius 1 is 0.371 bits per heavy atom. The van der Waals surface area contributed by atoms with Crippen molar-refractivity contribution in [2.75, 3.05) is 5.90 Å². The highest BCUT2D eigenvalue weighted by Gasteiger charge is 2.44. The Kier molecular flexibility index (Phi) is 7.13. The van der Waals surface area contributed by atoms with E-state index in [2.05, 4.69) is 121 Å². The van der Waals surface area contributed by atoms with E-state index in [-0.39, 0.29) is 15.8 Å². The molecule has 4 atom stereocenters. The number of rotatable bonds is 6. The van der Waals surface area contributed by atoms with Crippen molar-refractivity contribution in [2.24, 2.45) is 0 Å². The predicted octanol–water partition coefficient (Wildman–Crippen LogP) is 10.5. The van der Waals surface area contributed by atoms with Crippen molar-refractivity contribution in [3.05, 3.63) is 144 Å². The molecule has 0 N–H and O–H groups in total. The van der Waals surface area contributed by atoms with Crippen LogP contribution < -0.4 is 0 Å². The normalized spacial score (nSPS) is 28.2. The summed E-state index contributed by atoms with van der Waals surface area (Å²) >= 11 is 0. The van der Waals surface area contributed by atoms with Crippen LogP contribution >= 0.6 is 15.8 Å². The van der Waals surface area contributed by atoms with Gasteiger partial charge in [0.1, 0.15) is 0 Å². The van der Waals surface area contributed by atoms with Crippen LogP contribution in [-0.4, -0.2) is 5.90 Å². The molecule has 0 spiro atoms.